The molecule has 5 nitrogen and oxygen atoms in total. The molecule has 0 fully saturated rings. The standard InChI is InChI=1S/C13H20BrN5/c1-5-11-9(8-18(3)17-11)12(15-6-2)13-10(14)7-16-19(13)4/h7-8,12,15H,5-6H2,1-4H3. The summed E-state index contributed by atoms with van der Waals surface area (Å²) in [5.41, 5.74) is 3.47. The summed E-state index contributed by atoms with van der Waals surface area (Å²) in [5.74, 6) is 0. The van der Waals surface area contributed by atoms with Crippen molar-refractivity contribution in [2.45, 2.75) is 26.3 Å². The van der Waals surface area contributed by atoms with Crippen LogP contribution in [-0.4, -0.2) is 26.1 Å². The van der Waals surface area contributed by atoms with E-state index < -0.39 is 0 Å². The number of aryl methyl sites for hydroxylation is 3. The summed E-state index contributed by atoms with van der Waals surface area (Å²) in [5, 5.41) is 12.4. The number of hydrogen-bond donors (Lipinski definition) is 1. The highest BCUT2D eigenvalue weighted by Gasteiger charge is 2.23. The summed E-state index contributed by atoms with van der Waals surface area (Å²) in [6, 6.07) is 0.107. The first-order valence-electron chi connectivity index (χ1n) is 6.51. The third-order valence-corrected chi connectivity index (χ3v) is 3.81. The van der Waals surface area contributed by atoms with Crippen molar-refractivity contribution in [2.75, 3.05) is 6.54 Å². The van der Waals surface area contributed by atoms with E-state index in [-0.39, 0.29) is 6.04 Å². The number of halogens is 1. The molecular formula is C13H20BrN5. The highest BCUT2D eigenvalue weighted by atomic mass is 79.9. The Morgan fingerprint density at radius 1 is 1.37 bits per heavy atom. The van der Waals surface area contributed by atoms with Gasteiger partial charge in [-0.2, -0.15) is 10.2 Å². The van der Waals surface area contributed by atoms with Gasteiger partial charge in [-0.15, -0.1) is 0 Å². The first-order chi connectivity index (χ1) is 9.08. The van der Waals surface area contributed by atoms with Gasteiger partial charge < -0.3 is 5.32 Å². The molecule has 0 aliphatic rings. The van der Waals surface area contributed by atoms with Crippen molar-refractivity contribution in [3.63, 3.8) is 0 Å². The lowest BCUT2D eigenvalue weighted by atomic mass is 10.0. The number of nitrogens with zero attached hydrogens (tertiary/aromatic N) is 4. The Labute approximate surface area is 122 Å². The first-order valence-corrected chi connectivity index (χ1v) is 7.30. The number of rotatable bonds is 5. The van der Waals surface area contributed by atoms with Gasteiger partial charge in [-0.1, -0.05) is 13.8 Å². The minimum absolute atomic E-state index is 0.107. The summed E-state index contributed by atoms with van der Waals surface area (Å²) >= 11 is 3.59. The van der Waals surface area contributed by atoms with Gasteiger partial charge >= 0.3 is 0 Å². The van der Waals surface area contributed by atoms with Crippen LogP contribution in [0.15, 0.2) is 16.9 Å². The molecule has 1 unspecified atom stereocenters. The Balaban J connectivity index is 2.51. The molecule has 0 aliphatic heterocycles. The maximum atomic E-state index is 4.53. The van der Waals surface area contributed by atoms with Gasteiger partial charge in [0, 0.05) is 25.9 Å². The second-order valence-electron chi connectivity index (χ2n) is 4.55. The van der Waals surface area contributed by atoms with E-state index in [9.17, 15) is 0 Å². The highest BCUT2D eigenvalue weighted by molar-refractivity contribution is 9.10. The van der Waals surface area contributed by atoms with Gasteiger partial charge in [0.1, 0.15) is 0 Å². The molecule has 19 heavy (non-hydrogen) atoms. The molecule has 0 radical (unpaired) electrons. The van der Waals surface area contributed by atoms with Gasteiger partial charge in [-0.25, -0.2) is 0 Å². The van der Waals surface area contributed by atoms with Crippen LogP contribution in [0.3, 0.4) is 0 Å². The van der Waals surface area contributed by atoms with Gasteiger partial charge in [-0.05, 0) is 28.9 Å². The highest BCUT2D eigenvalue weighted by Crippen LogP contribution is 2.29. The average Bonchev–Trinajstić information content (AvgIpc) is 2.91. The molecule has 0 saturated carbocycles. The van der Waals surface area contributed by atoms with E-state index in [4.69, 9.17) is 0 Å². The van der Waals surface area contributed by atoms with Crippen LogP contribution in [0.2, 0.25) is 0 Å². The monoisotopic (exact) mass is 325 g/mol. The molecule has 0 spiro atoms. The quantitative estimate of drug-likeness (QED) is 0.916. The molecule has 6 heteroatoms. The lowest BCUT2D eigenvalue weighted by molar-refractivity contribution is 0.567. The molecule has 1 N–H and O–H groups in total. The van der Waals surface area contributed by atoms with Gasteiger partial charge in [0.25, 0.3) is 0 Å². The van der Waals surface area contributed by atoms with Crippen LogP contribution < -0.4 is 5.32 Å². The van der Waals surface area contributed by atoms with Gasteiger partial charge in [0.2, 0.25) is 0 Å². The molecule has 2 rings (SSSR count). The maximum absolute atomic E-state index is 4.53. The second-order valence-corrected chi connectivity index (χ2v) is 5.40. The van der Waals surface area contributed by atoms with Crippen molar-refractivity contribution < 1.29 is 0 Å². The van der Waals surface area contributed by atoms with Crippen molar-refractivity contribution in [3.05, 3.63) is 33.8 Å². The van der Waals surface area contributed by atoms with E-state index in [2.05, 4.69) is 51.5 Å². The van der Waals surface area contributed by atoms with Crippen molar-refractivity contribution in [2.24, 2.45) is 14.1 Å². The Morgan fingerprint density at radius 2 is 2.11 bits per heavy atom. The van der Waals surface area contributed by atoms with E-state index in [1.54, 1.807) is 0 Å². The van der Waals surface area contributed by atoms with Crippen LogP contribution in [0, 0.1) is 0 Å². The summed E-state index contributed by atoms with van der Waals surface area (Å²) in [6.07, 6.45) is 4.85. The SMILES string of the molecule is CCNC(c1cn(C)nc1CC)c1c(Br)cnn1C. The Bertz CT molecular complexity index is 538. The molecule has 2 heterocycles. The summed E-state index contributed by atoms with van der Waals surface area (Å²) in [7, 11) is 3.93. The molecule has 0 aliphatic carbocycles. The third-order valence-electron chi connectivity index (χ3n) is 3.20. The van der Waals surface area contributed by atoms with E-state index in [0.29, 0.717) is 0 Å². The fourth-order valence-corrected chi connectivity index (χ4v) is 2.95. The fourth-order valence-electron chi connectivity index (χ4n) is 2.37. The van der Waals surface area contributed by atoms with Crippen LogP contribution >= 0.6 is 15.9 Å². The Hall–Kier alpha value is -1.14. The largest absolute Gasteiger partial charge is 0.305 e. The van der Waals surface area contributed by atoms with E-state index >= 15 is 0 Å². The van der Waals surface area contributed by atoms with Crippen LogP contribution in [0.25, 0.3) is 0 Å². The van der Waals surface area contributed by atoms with Crippen molar-refractivity contribution in [1.82, 2.24) is 24.9 Å². The fraction of sp³-hybridized carbons (Fsp3) is 0.538. The molecule has 104 valence electrons. The molecule has 2 aromatic rings. The molecule has 0 bridgehead atoms. The minimum Gasteiger partial charge on any atom is -0.305 e. The number of hydrogen-bond acceptors (Lipinski definition) is 3. The average molecular weight is 326 g/mol. The summed E-state index contributed by atoms with van der Waals surface area (Å²) in [6.45, 7) is 5.13. The molecule has 0 aromatic carbocycles. The van der Waals surface area contributed by atoms with E-state index in [0.717, 1.165) is 28.8 Å². The van der Waals surface area contributed by atoms with Crippen molar-refractivity contribution >= 4 is 15.9 Å². The molecule has 1 atom stereocenters. The summed E-state index contributed by atoms with van der Waals surface area (Å²) < 4.78 is 4.80. The second kappa shape index (κ2) is 5.88. The predicted molar refractivity (Wildman–Crippen MR) is 79.0 cm³/mol. The van der Waals surface area contributed by atoms with Crippen molar-refractivity contribution in [1.29, 1.82) is 0 Å². The Kier molecular flexibility index (Phi) is 4.42. The smallest absolute Gasteiger partial charge is 0.0793 e. The normalized spacial score (nSPS) is 12.9. The maximum Gasteiger partial charge on any atom is 0.0793 e. The van der Waals surface area contributed by atoms with Crippen LogP contribution in [0.4, 0.5) is 0 Å². The molecular weight excluding hydrogens is 306 g/mol. The van der Waals surface area contributed by atoms with E-state index in [1.807, 2.05) is 29.7 Å². The number of aromatic nitrogens is 4. The molecule has 0 amide bonds. The first kappa shape index (κ1) is 14.3. The zero-order valence-corrected chi connectivity index (χ0v) is 13.4. The topological polar surface area (TPSA) is 47.7 Å². The minimum atomic E-state index is 0.107. The number of nitrogens with one attached hydrogen (secondary N) is 1. The van der Waals surface area contributed by atoms with Crippen LogP contribution in [-0.2, 0) is 20.5 Å². The van der Waals surface area contributed by atoms with Crippen LogP contribution in [0.5, 0.6) is 0 Å². The van der Waals surface area contributed by atoms with Gasteiger partial charge in [-0.3, -0.25) is 9.36 Å². The van der Waals surface area contributed by atoms with E-state index in [1.165, 1.54) is 5.56 Å². The van der Waals surface area contributed by atoms with Gasteiger partial charge in [0.05, 0.1) is 28.1 Å². The zero-order valence-electron chi connectivity index (χ0n) is 11.8. The Morgan fingerprint density at radius 3 is 2.63 bits per heavy atom. The molecule has 2 aromatic heterocycles. The van der Waals surface area contributed by atoms with Gasteiger partial charge in [0.15, 0.2) is 0 Å². The lowest BCUT2D eigenvalue weighted by Gasteiger charge is -2.19. The predicted octanol–water partition coefficient (Wildman–Crippen LogP) is 2.18. The van der Waals surface area contributed by atoms with Crippen molar-refractivity contribution in [3.8, 4) is 0 Å². The molecule has 0 saturated heterocycles. The zero-order chi connectivity index (χ0) is 14.0. The lowest BCUT2D eigenvalue weighted by Crippen LogP contribution is -2.25. The summed E-state index contributed by atoms with van der Waals surface area (Å²) in [4.78, 5) is 0. The third kappa shape index (κ3) is 2.74. The van der Waals surface area contributed by atoms with Crippen LogP contribution in [0.1, 0.15) is 36.8 Å².